The van der Waals surface area contributed by atoms with Crippen LogP contribution in [0.3, 0.4) is 0 Å². The minimum atomic E-state index is 0.188. The first-order chi connectivity index (χ1) is 8.25. The minimum Gasteiger partial charge on any atom is -0.339 e. The Morgan fingerprint density at radius 1 is 1.53 bits per heavy atom. The molecule has 0 bridgehead atoms. The predicted octanol–water partition coefficient (Wildman–Crippen LogP) is 0.309. The summed E-state index contributed by atoms with van der Waals surface area (Å²) in [4.78, 5) is 22.1. The van der Waals surface area contributed by atoms with E-state index in [1.54, 1.807) is 6.20 Å². The van der Waals surface area contributed by atoms with Crippen LogP contribution in [-0.2, 0) is 4.79 Å². The number of aryl methyl sites for hydroxylation is 1. The highest BCUT2D eigenvalue weighted by atomic mass is 32.2. The van der Waals surface area contributed by atoms with Crippen molar-refractivity contribution in [3.05, 3.63) is 18.1 Å². The fourth-order valence-corrected chi connectivity index (χ4v) is 2.46. The van der Waals surface area contributed by atoms with E-state index in [9.17, 15) is 4.79 Å². The third kappa shape index (κ3) is 3.67. The van der Waals surface area contributed by atoms with Crippen molar-refractivity contribution in [2.45, 2.75) is 11.9 Å². The zero-order valence-corrected chi connectivity index (χ0v) is 10.7. The number of nitrogens with one attached hydrogen (secondary N) is 1. The lowest BCUT2D eigenvalue weighted by molar-refractivity contribution is -0.128. The molecular weight excluding hydrogens is 236 g/mol. The van der Waals surface area contributed by atoms with E-state index in [1.165, 1.54) is 11.8 Å². The first-order valence-electron chi connectivity index (χ1n) is 5.66. The van der Waals surface area contributed by atoms with E-state index in [0.29, 0.717) is 5.75 Å². The van der Waals surface area contributed by atoms with Gasteiger partial charge in [-0.15, -0.1) is 0 Å². The maximum atomic E-state index is 11.9. The molecule has 0 atom stereocenters. The van der Waals surface area contributed by atoms with E-state index in [0.717, 1.165) is 37.0 Å². The minimum absolute atomic E-state index is 0.188. The Morgan fingerprint density at radius 3 is 3.00 bits per heavy atom. The van der Waals surface area contributed by atoms with Crippen molar-refractivity contribution in [2.24, 2.45) is 0 Å². The van der Waals surface area contributed by atoms with Crippen molar-refractivity contribution in [3.63, 3.8) is 0 Å². The summed E-state index contributed by atoms with van der Waals surface area (Å²) in [7, 11) is 0. The van der Waals surface area contributed by atoms with Gasteiger partial charge in [-0.2, -0.15) is 0 Å². The standard InChI is InChI=1S/C11H16N4OS/c1-9-13-3-2-10(14-9)17-8-11(16)15-6-4-12-5-7-15/h2-3,12H,4-8H2,1H3. The van der Waals surface area contributed by atoms with Gasteiger partial charge in [0.1, 0.15) is 10.9 Å². The second-order valence-electron chi connectivity index (χ2n) is 3.86. The van der Waals surface area contributed by atoms with Crippen LogP contribution >= 0.6 is 11.8 Å². The molecule has 0 aliphatic carbocycles. The van der Waals surface area contributed by atoms with E-state index >= 15 is 0 Å². The molecule has 0 radical (unpaired) electrons. The molecule has 2 rings (SSSR count). The molecule has 1 aliphatic heterocycles. The topological polar surface area (TPSA) is 58.1 Å². The van der Waals surface area contributed by atoms with Gasteiger partial charge >= 0.3 is 0 Å². The Morgan fingerprint density at radius 2 is 2.29 bits per heavy atom. The number of rotatable bonds is 3. The summed E-state index contributed by atoms with van der Waals surface area (Å²) in [5.74, 6) is 1.38. The molecule has 2 heterocycles. The van der Waals surface area contributed by atoms with E-state index in [2.05, 4.69) is 15.3 Å². The Balaban J connectivity index is 1.83. The van der Waals surface area contributed by atoms with Crippen molar-refractivity contribution in [2.75, 3.05) is 31.9 Å². The van der Waals surface area contributed by atoms with E-state index in [4.69, 9.17) is 0 Å². The van der Waals surface area contributed by atoms with Crippen LogP contribution in [0, 0.1) is 6.92 Å². The summed E-state index contributed by atoms with van der Waals surface area (Å²) in [6.45, 7) is 5.25. The third-order valence-electron chi connectivity index (χ3n) is 2.56. The first kappa shape index (κ1) is 12.3. The largest absolute Gasteiger partial charge is 0.339 e. The highest BCUT2D eigenvalue weighted by molar-refractivity contribution is 7.99. The molecule has 0 saturated carbocycles. The Kier molecular flexibility index (Phi) is 4.33. The molecule has 1 aromatic rings. The van der Waals surface area contributed by atoms with Gasteiger partial charge in [0.25, 0.3) is 0 Å². The van der Waals surface area contributed by atoms with E-state index in [1.807, 2.05) is 17.9 Å². The summed E-state index contributed by atoms with van der Waals surface area (Å²) >= 11 is 1.47. The molecular formula is C11H16N4OS. The van der Waals surface area contributed by atoms with Crippen LogP contribution in [0.1, 0.15) is 5.82 Å². The molecule has 17 heavy (non-hydrogen) atoms. The molecule has 6 heteroatoms. The lowest BCUT2D eigenvalue weighted by Crippen LogP contribution is -2.47. The van der Waals surface area contributed by atoms with Gasteiger partial charge in [-0.05, 0) is 13.0 Å². The average molecular weight is 252 g/mol. The van der Waals surface area contributed by atoms with E-state index in [-0.39, 0.29) is 5.91 Å². The van der Waals surface area contributed by atoms with Gasteiger partial charge in [0.05, 0.1) is 5.75 Å². The second-order valence-corrected chi connectivity index (χ2v) is 4.86. The Bertz CT molecular complexity index is 393. The van der Waals surface area contributed by atoms with Crippen molar-refractivity contribution in [1.82, 2.24) is 20.2 Å². The van der Waals surface area contributed by atoms with Gasteiger partial charge in [-0.1, -0.05) is 11.8 Å². The first-order valence-corrected chi connectivity index (χ1v) is 6.65. The van der Waals surface area contributed by atoms with Crippen LogP contribution in [-0.4, -0.2) is 52.7 Å². The fraction of sp³-hybridized carbons (Fsp3) is 0.545. The highest BCUT2D eigenvalue weighted by Gasteiger charge is 2.16. The number of aromatic nitrogens is 2. The zero-order valence-electron chi connectivity index (χ0n) is 9.85. The lowest BCUT2D eigenvalue weighted by Gasteiger charge is -2.27. The average Bonchev–Trinajstić information content (AvgIpc) is 2.37. The van der Waals surface area contributed by atoms with Crippen LogP contribution in [0.25, 0.3) is 0 Å². The summed E-state index contributed by atoms with van der Waals surface area (Å²) < 4.78 is 0. The maximum Gasteiger partial charge on any atom is 0.233 e. The number of piperazine rings is 1. The van der Waals surface area contributed by atoms with Crippen molar-refractivity contribution < 1.29 is 4.79 Å². The normalized spacial score (nSPS) is 15.9. The van der Waals surface area contributed by atoms with Crippen molar-refractivity contribution in [1.29, 1.82) is 0 Å². The summed E-state index contributed by atoms with van der Waals surface area (Å²) in [5.41, 5.74) is 0. The van der Waals surface area contributed by atoms with E-state index < -0.39 is 0 Å². The Hall–Kier alpha value is -1.14. The number of hydrogen-bond acceptors (Lipinski definition) is 5. The molecule has 92 valence electrons. The molecule has 1 fully saturated rings. The maximum absolute atomic E-state index is 11.9. The summed E-state index contributed by atoms with van der Waals surface area (Å²) in [6.07, 6.45) is 1.72. The smallest absolute Gasteiger partial charge is 0.233 e. The molecule has 0 spiro atoms. The number of hydrogen-bond donors (Lipinski definition) is 1. The van der Waals surface area contributed by atoms with Gasteiger partial charge in [-0.3, -0.25) is 4.79 Å². The number of thioether (sulfide) groups is 1. The third-order valence-corrected chi connectivity index (χ3v) is 3.48. The second kappa shape index (κ2) is 5.97. The fourth-order valence-electron chi connectivity index (χ4n) is 1.66. The summed E-state index contributed by atoms with van der Waals surface area (Å²) in [5, 5.41) is 4.09. The SMILES string of the molecule is Cc1nccc(SCC(=O)N2CCNCC2)n1. The number of nitrogens with zero attached hydrogens (tertiary/aromatic N) is 3. The molecule has 1 saturated heterocycles. The molecule has 5 nitrogen and oxygen atoms in total. The molecule has 1 aromatic heterocycles. The number of carbonyl (C=O) groups is 1. The van der Waals surface area contributed by atoms with Gasteiger partial charge < -0.3 is 10.2 Å². The van der Waals surface area contributed by atoms with Crippen LogP contribution in [0.2, 0.25) is 0 Å². The van der Waals surface area contributed by atoms with Gasteiger partial charge in [0.15, 0.2) is 0 Å². The quantitative estimate of drug-likeness (QED) is 0.620. The highest BCUT2D eigenvalue weighted by Crippen LogP contribution is 2.15. The molecule has 1 amide bonds. The molecule has 0 aromatic carbocycles. The van der Waals surface area contributed by atoms with Crippen LogP contribution in [0.4, 0.5) is 0 Å². The van der Waals surface area contributed by atoms with Crippen LogP contribution in [0.5, 0.6) is 0 Å². The molecule has 0 unspecified atom stereocenters. The van der Waals surface area contributed by atoms with Gasteiger partial charge in [0.2, 0.25) is 5.91 Å². The number of amides is 1. The molecule has 1 aliphatic rings. The van der Waals surface area contributed by atoms with Crippen molar-refractivity contribution in [3.8, 4) is 0 Å². The van der Waals surface area contributed by atoms with Crippen LogP contribution < -0.4 is 5.32 Å². The molecule has 1 N–H and O–H groups in total. The summed E-state index contributed by atoms with van der Waals surface area (Å²) in [6, 6.07) is 1.84. The predicted molar refractivity (Wildman–Crippen MR) is 66.9 cm³/mol. The zero-order chi connectivity index (χ0) is 12.1. The lowest BCUT2D eigenvalue weighted by atomic mass is 10.3. The van der Waals surface area contributed by atoms with Crippen LogP contribution in [0.15, 0.2) is 17.3 Å². The Labute approximate surface area is 105 Å². The monoisotopic (exact) mass is 252 g/mol. The van der Waals surface area contributed by atoms with Crippen molar-refractivity contribution >= 4 is 17.7 Å². The van der Waals surface area contributed by atoms with Gasteiger partial charge in [0, 0.05) is 32.4 Å². The number of carbonyl (C=O) groups excluding carboxylic acids is 1. The van der Waals surface area contributed by atoms with Gasteiger partial charge in [-0.25, -0.2) is 9.97 Å².